The molecule has 2 aromatic rings. The van der Waals surface area contributed by atoms with Crippen molar-refractivity contribution in [3.8, 4) is 11.6 Å². The maximum Gasteiger partial charge on any atom is 0.265 e. The third-order valence-corrected chi connectivity index (χ3v) is 7.47. The zero-order valence-corrected chi connectivity index (χ0v) is 22.5. The smallest absolute Gasteiger partial charge is 0.265 e. The monoisotopic (exact) mass is 538 g/mol. The third-order valence-electron chi connectivity index (χ3n) is 5.65. The molecule has 0 radical (unpaired) electrons. The number of carbonyl (C=O) groups is 3. The van der Waals surface area contributed by atoms with Crippen molar-refractivity contribution in [1.82, 2.24) is 14.8 Å². The van der Waals surface area contributed by atoms with Crippen molar-refractivity contribution in [2.75, 3.05) is 50.7 Å². The average molecular weight is 539 g/mol. The molecule has 13 heteroatoms. The van der Waals surface area contributed by atoms with E-state index in [9.17, 15) is 22.8 Å². The van der Waals surface area contributed by atoms with E-state index in [2.05, 4.69) is 10.3 Å². The first-order chi connectivity index (χ1) is 17.0. The van der Waals surface area contributed by atoms with E-state index >= 15 is 0 Å². The van der Waals surface area contributed by atoms with Crippen LogP contribution in [0.1, 0.15) is 53.2 Å². The number of likely N-dealkylation sites (N-methyl/N-ethyl adjacent to an activating group) is 1. The SMILES string of the molecule is CCOc1nc(C(CS(C)(=O)=O)N2C(=O)c3csc(NC(=O)CN(CC)CC)c3C2=O)ccc1OC. The van der Waals surface area contributed by atoms with Gasteiger partial charge >= 0.3 is 0 Å². The molecule has 1 atom stereocenters. The quantitative estimate of drug-likeness (QED) is 0.404. The van der Waals surface area contributed by atoms with Gasteiger partial charge < -0.3 is 14.8 Å². The Bertz CT molecular complexity index is 1260. The minimum Gasteiger partial charge on any atom is -0.491 e. The van der Waals surface area contributed by atoms with Crippen LogP contribution in [-0.4, -0.2) is 86.3 Å². The highest BCUT2D eigenvalue weighted by Gasteiger charge is 2.45. The molecule has 1 aliphatic heterocycles. The fraction of sp³-hybridized carbons (Fsp3) is 0.478. The molecule has 0 saturated heterocycles. The van der Waals surface area contributed by atoms with Gasteiger partial charge in [0.25, 0.3) is 17.7 Å². The summed E-state index contributed by atoms with van der Waals surface area (Å²) >= 11 is 1.08. The summed E-state index contributed by atoms with van der Waals surface area (Å²) in [6.07, 6.45) is 1.02. The lowest BCUT2D eigenvalue weighted by Gasteiger charge is -2.26. The van der Waals surface area contributed by atoms with Gasteiger partial charge in [0.05, 0.1) is 48.9 Å². The number of ether oxygens (including phenoxy) is 2. The number of nitrogens with one attached hydrogen (secondary N) is 1. The first-order valence-corrected chi connectivity index (χ1v) is 14.4. The molecule has 3 amide bonds. The molecular weight excluding hydrogens is 508 g/mol. The number of hydrogen-bond donors (Lipinski definition) is 1. The predicted octanol–water partition coefficient (Wildman–Crippen LogP) is 2.21. The van der Waals surface area contributed by atoms with Gasteiger partial charge in [0, 0.05) is 11.6 Å². The Balaban J connectivity index is 1.98. The highest BCUT2D eigenvalue weighted by atomic mass is 32.2. The van der Waals surface area contributed by atoms with Crippen molar-refractivity contribution in [2.24, 2.45) is 0 Å². The van der Waals surface area contributed by atoms with Crippen molar-refractivity contribution in [3.05, 3.63) is 34.3 Å². The molecule has 1 aliphatic rings. The molecular formula is C23H30N4O7S2. The average Bonchev–Trinajstić information content (AvgIpc) is 3.34. The molecule has 0 saturated carbocycles. The number of sulfone groups is 1. The number of thiophene rings is 1. The third kappa shape index (κ3) is 5.85. The second kappa shape index (κ2) is 11.4. The fourth-order valence-corrected chi connectivity index (χ4v) is 5.70. The Morgan fingerprint density at radius 2 is 1.89 bits per heavy atom. The van der Waals surface area contributed by atoms with Gasteiger partial charge in [-0.15, -0.1) is 11.3 Å². The molecule has 1 unspecified atom stereocenters. The molecule has 0 spiro atoms. The molecule has 0 aliphatic carbocycles. The molecule has 0 aromatic carbocycles. The van der Waals surface area contributed by atoms with Gasteiger partial charge in [-0.25, -0.2) is 13.4 Å². The molecule has 3 heterocycles. The van der Waals surface area contributed by atoms with Gasteiger partial charge in [-0.1, -0.05) is 13.8 Å². The molecule has 3 rings (SSSR count). The van der Waals surface area contributed by atoms with Gasteiger partial charge in [0.15, 0.2) is 5.75 Å². The summed E-state index contributed by atoms with van der Waals surface area (Å²) < 4.78 is 35.4. The molecule has 196 valence electrons. The highest BCUT2D eigenvalue weighted by Crippen LogP contribution is 2.40. The van der Waals surface area contributed by atoms with Crippen LogP contribution in [0.3, 0.4) is 0 Å². The summed E-state index contributed by atoms with van der Waals surface area (Å²) in [4.78, 5) is 46.5. The maximum atomic E-state index is 13.5. The largest absolute Gasteiger partial charge is 0.491 e. The lowest BCUT2D eigenvalue weighted by molar-refractivity contribution is -0.117. The number of aromatic nitrogens is 1. The summed E-state index contributed by atoms with van der Waals surface area (Å²) in [6, 6.07) is 1.83. The maximum absolute atomic E-state index is 13.5. The van der Waals surface area contributed by atoms with E-state index in [-0.39, 0.29) is 46.8 Å². The van der Waals surface area contributed by atoms with E-state index in [4.69, 9.17) is 9.47 Å². The Morgan fingerprint density at radius 1 is 1.19 bits per heavy atom. The van der Waals surface area contributed by atoms with Crippen LogP contribution >= 0.6 is 11.3 Å². The van der Waals surface area contributed by atoms with E-state index in [1.807, 2.05) is 18.7 Å². The van der Waals surface area contributed by atoms with Crippen LogP contribution in [0.25, 0.3) is 0 Å². The number of hydrogen-bond acceptors (Lipinski definition) is 10. The summed E-state index contributed by atoms with van der Waals surface area (Å²) in [5.74, 6) is -1.75. The Labute approximate surface area is 214 Å². The number of carbonyl (C=O) groups excluding carboxylic acids is 3. The van der Waals surface area contributed by atoms with E-state index in [0.29, 0.717) is 18.8 Å². The normalized spacial score (nSPS) is 14.2. The van der Waals surface area contributed by atoms with Crippen molar-refractivity contribution >= 4 is 43.9 Å². The summed E-state index contributed by atoms with van der Waals surface area (Å²) in [5, 5.41) is 4.47. The number of pyridine rings is 1. The molecule has 11 nitrogen and oxygen atoms in total. The summed E-state index contributed by atoms with van der Waals surface area (Å²) in [5.41, 5.74) is 0.322. The van der Waals surface area contributed by atoms with E-state index in [0.717, 1.165) is 22.5 Å². The first kappa shape index (κ1) is 27.6. The second-order valence-electron chi connectivity index (χ2n) is 8.13. The van der Waals surface area contributed by atoms with Crippen LogP contribution in [0.4, 0.5) is 5.00 Å². The lowest BCUT2D eigenvalue weighted by atomic mass is 10.1. The van der Waals surface area contributed by atoms with Crippen LogP contribution < -0.4 is 14.8 Å². The summed E-state index contributed by atoms with van der Waals surface area (Å²) in [7, 11) is -2.21. The number of methoxy groups -OCH3 is 1. The van der Waals surface area contributed by atoms with Crippen molar-refractivity contribution in [2.45, 2.75) is 26.8 Å². The lowest BCUT2D eigenvalue weighted by Crippen LogP contribution is -2.38. The Morgan fingerprint density at radius 3 is 2.47 bits per heavy atom. The molecule has 36 heavy (non-hydrogen) atoms. The van der Waals surface area contributed by atoms with Crippen molar-refractivity contribution < 1.29 is 32.3 Å². The molecule has 0 fully saturated rings. The van der Waals surface area contributed by atoms with Gasteiger partial charge in [-0.2, -0.15) is 0 Å². The van der Waals surface area contributed by atoms with Crippen molar-refractivity contribution in [3.63, 3.8) is 0 Å². The Hall–Kier alpha value is -3.03. The fourth-order valence-electron chi connectivity index (χ4n) is 3.86. The van der Waals surface area contributed by atoms with E-state index in [1.54, 1.807) is 13.0 Å². The number of nitrogens with zero attached hydrogens (tertiary/aromatic N) is 3. The van der Waals surface area contributed by atoms with Gasteiger partial charge in [-0.3, -0.25) is 24.2 Å². The zero-order chi connectivity index (χ0) is 26.6. The minimum atomic E-state index is -3.65. The van der Waals surface area contributed by atoms with Crippen molar-refractivity contribution in [1.29, 1.82) is 0 Å². The zero-order valence-electron chi connectivity index (χ0n) is 20.9. The van der Waals surface area contributed by atoms with Crippen LogP contribution in [0.2, 0.25) is 0 Å². The first-order valence-electron chi connectivity index (χ1n) is 11.4. The van der Waals surface area contributed by atoms with Crippen LogP contribution in [-0.2, 0) is 14.6 Å². The number of anilines is 1. The summed E-state index contributed by atoms with van der Waals surface area (Å²) in [6.45, 7) is 7.41. The van der Waals surface area contributed by atoms with E-state index in [1.165, 1.54) is 18.6 Å². The standard InChI is InChI=1S/C23H30N4O7S2/c1-6-26(7-2)11-18(28)25-21-19-14(12-35-21)22(29)27(23(19)30)16(13-36(5,31)32)15-9-10-17(33-4)20(24-15)34-8-3/h9-10,12,16H,6-8,11,13H2,1-5H3,(H,25,28). The number of imide groups is 1. The molecule has 2 aromatic heterocycles. The van der Waals surface area contributed by atoms with Crippen LogP contribution in [0.15, 0.2) is 17.5 Å². The molecule has 0 bridgehead atoms. The number of rotatable bonds is 12. The number of fused-ring (bicyclic) bond motifs is 1. The predicted molar refractivity (Wildman–Crippen MR) is 136 cm³/mol. The van der Waals surface area contributed by atoms with E-state index < -0.39 is 33.4 Å². The minimum absolute atomic E-state index is 0.0509. The second-order valence-corrected chi connectivity index (χ2v) is 11.2. The van der Waals surface area contributed by atoms with Gasteiger partial charge in [0.1, 0.15) is 14.8 Å². The highest BCUT2D eigenvalue weighted by molar-refractivity contribution is 7.90. The van der Waals surface area contributed by atoms with Crippen LogP contribution in [0, 0.1) is 0 Å². The van der Waals surface area contributed by atoms with Crippen LogP contribution in [0.5, 0.6) is 11.6 Å². The Kier molecular flexibility index (Phi) is 8.69. The topological polar surface area (TPSA) is 135 Å². The number of amides is 3. The molecule has 1 N–H and O–H groups in total. The van der Waals surface area contributed by atoms with Gasteiger partial charge in [-0.05, 0) is 32.1 Å². The van der Waals surface area contributed by atoms with Gasteiger partial charge in [0.2, 0.25) is 5.91 Å².